The summed E-state index contributed by atoms with van der Waals surface area (Å²) in [5.74, 6) is 1.27. The molecule has 2 aromatic carbocycles. The van der Waals surface area contributed by atoms with E-state index in [9.17, 15) is 5.11 Å². The molecule has 22 heavy (non-hydrogen) atoms. The van der Waals surface area contributed by atoms with Crippen LogP contribution in [0.3, 0.4) is 0 Å². The van der Waals surface area contributed by atoms with Gasteiger partial charge in [0.1, 0.15) is 16.7 Å². The normalized spacial score (nSPS) is 10.9. The molecule has 3 nitrogen and oxygen atoms in total. The zero-order valence-corrected chi connectivity index (χ0v) is 15.5. The van der Waals surface area contributed by atoms with Gasteiger partial charge in [0.15, 0.2) is 5.75 Å². The summed E-state index contributed by atoms with van der Waals surface area (Å²) >= 11 is 18.8. The molecule has 112 valence electrons. The second kappa shape index (κ2) is 6.24. The monoisotopic (exact) mass is 461 g/mol. The van der Waals surface area contributed by atoms with E-state index in [4.69, 9.17) is 27.9 Å². The van der Waals surface area contributed by atoms with Crippen LogP contribution in [0.25, 0.3) is 10.9 Å². The van der Waals surface area contributed by atoms with E-state index in [-0.39, 0.29) is 5.75 Å². The molecule has 3 aromatic rings. The third-order valence-electron chi connectivity index (χ3n) is 2.90. The van der Waals surface area contributed by atoms with E-state index in [1.54, 1.807) is 36.4 Å². The Bertz CT molecular complexity index is 864. The second-order valence-electron chi connectivity index (χ2n) is 4.45. The lowest BCUT2D eigenvalue weighted by molar-refractivity contribution is 0.460. The first-order valence-electron chi connectivity index (χ1n) is 6.06. The third-order valence-corrected chi connectivity index (χ3v) is 4.59. The van der Waals surface area contributed by atoms with Crippen LogP contribution in [0, 0.1) is 0 Å². The number of fused-ring (bicyclic) bond motifs is 1. The van der Waals surface area contributed by atoms with Gasteiger partial charge in [0, 0.05) is 5.39 Å². The first kappa shape index (κ1) is 15.9. The number of nitrogens with zero attached hydrogens (tertiary/aromatic N) is 1. The number of halogens is 4. The van der Waals surface area contributed by atoms with Gasteiger partial charge in [-0.25, -0.2) is 4.98 Å². The molecule has 0 bridgehead atoms. The third kappa shape index (κ3) is 3.18. The van der Waals surface area contributed by atoms with Crippen molar-refractivity contribution in [3.05, 3.63) is 55.5 Å². The summed E-state index contributed by atoms with van der Waals surface area (Å²) in [6.07, 6.45) is 0. The van der Waals surface area contributed by atoms with E-state index < -0.39 is 0 Å². The molecular weight excluding hydrogens is 457 g/mol. The topological polar surface area (TPSA) is 42.4 Å². The molecule has 0 saturated heterocycles. The number of benzene rings is 2. The standard InChI is InChI=1S/C15H7Br2Cl2NO2/c16-10-3-7(21)4-11(17)15(10)22-8-1-2-13-9(5-8)12(18)6-14(19)20-13/h1-6,21H. The highest BCUT2D eigenvalue weighted by molar-refractivity contribution is 9.11. The summed E-state index contributed by atoms with van der Waals surface area (Å²) in [6, 6.07) is 10.0. The number of aromatic hydroxyl groups is 1. The average Bonchev–Trinajstić information content (AvgIpc) is 2.43. The molecule has 0 unspecified atom stereocenters. The fourth-order valence-corrected chi connectivity index (χ4v) is 3.79. The quantitative estimate of drug-likeness (QED) is 0.437. The van der Waals surface area contributed by atoms with Crippen molar-refractivity contribution in [3.63, 3.8) is 0 Å². The SMILES string of the molecule is Oc1cc(Br)c(Oc2ccc3nc(Cl)cc(Cl)c3c2)c(Br)c1. The zero-order valence-electron chi connectivity index (χ0n) is 10.8. The first-order chi connectivity index (χ1) is 10.4. The summed E-state index contributed by atoms with van der Waals surface area (Å²) in [5, 5.41) is 11.1. The fraction of sp³-hybridized carbons (Fsp3) is 0. The lowest BCUT2D eigenvalue weighted by atomic mass is 10.2. The summed E-state index contributed by atoms with van der Waals surface area (Å²) in [5.41, 5.74) is 0.689. The summed E-state index contributed by atoms with van der Waals surface area (Å²) in [4.78, 5) is 4.21. The van der Waals surface area contributed by atoms with Crippen LogP contribution in [0.1, 0.15) is 0 Å². The Morgan fingerprint density at radius 2 is 1.68 bits per heavy atom. The van der Waals surface area contributed by atoms with Gasteiger partial charge in [-0.15, -0.1) is 0 Å². The van der Waals surface area contributed by atoms with Crippen LogP contribution in [-0.4, -0.2) is 10.1 Å². The average molecular weight is 464 g/mol. The molecule has 0 spiro atoms. The number of aromatic nitrogens is 1. The highest BCUT2D eigenvalue weighted by atomic mass is 79.9. The van der Waals surface area contributed by atoms with Gasteiger partial charge in [0.2, 0.25) is 0 Å². The maximum atomic E-state index is 9.53. The van der Waals surface area contributed by atoms with Gasteiger partial charge in [-0.3, -0.25) is 0 Å². The van der Waals surface area contributed by atoms with Crippen molar-refractivity contribution in [2.75, 3.05) is 0 Å². The summed E-state index contributed by atoms with van der Waals surface area (Å²) in [6.45, 7) is 0. The molecular formula is C15H7Br2Cl2NO2. The van der Waals surface area contributed by atoms with E-state index in [1.807, 2.05) is 0 Å². The van der Waals surface area contributed by atoms with Gasteiger partial charge in [-0.2, -0.15) is 0 Å². The van der Waals surface area contributed by atoms with Crippen molar-refractivity contribution < 1.29 is 9.84 Å². The van der Waals surface area contributed by atoms with E-state index in [0.717, 1.165) is 5.39 Å². The minimum atomic E-state index is 0.131. The first-order valence-corrected chi connectivity index (χ1v) is 8.40. The second-order valence-corrected chi connectivity index (χ2v) is 6.95. The molecule has 0 saturated carbocycles. The number of phenols is 1. The Morgan fingerprint density at radius 3 is 2.36 bits per heavy atom. The summed E-state index contributed by atoms with van der Waals surface area (Å²) < 4.78 is 7.11. The smallest absolute Gasteiger partial charge is 0.156 e. The van der Waals surface area contributed by atoms with Crippen LogP contribution in [0.5, 0.6) is 17.2 Å². The van der Waals surface area contributed by atoms with Crippen molar-refractivity contribution in [1.29, 1.82) is 0 Å². The summed E-state index contributed by atoms with van der Waals surface area (Å²) in [7, 11) is 0. The van der Waals surface area contributed by atoms with Gasteiger partial charge in [0.05, 0.1) is 19.5 Å². The van der Waals surface area contributed by atoms with E-state index in [1.165, 1.54) is 0 Å². The number of pyridine rings is 1. The predicted molar refractivity (Wildman–Crippen MR) is 95.3 cm³/mol. The molecule has 1 N–H and O–H groups in total. The zero-order chi connectivity index (χ0) is 15.9. The Labute approximate surface area is 153 Å². The molecule has 7 heteroatoms. The van der Waals surface area contributed by atoms with E-state index >= 15 is 0 Å². The number of phenolic OH excluding ortho intramolecular Hbond substituents is 1. The Balaban J connectivity index is 2.05. The number of hydrogen-bond acceptors (Lipinski definition) is 3. The molecule has 1 aromatic heterocycles. The van der Waals surface area contributed by atoms with Gasteiger partial charge >= 0.3 is 0 Å². The molecule has 0 aliphatic rings. The fourth-order valence-electron chi connectivity index (χ4n) is 1.96. The highest BCUT2D eigenvalue weighted by Gasteiger charge is 2.11. The molecule has 1 heterocycles. The van der Waals surface area contributed by atoms with Gasteiger partial charge in [0.25, 0.3) is 0 Å². The maximum Gasteiger partial charge on any atom is 0.156 e. The van der Waals surface area contributed by atoms with Crippen LogP contribution in [0.4, 0.5) is 0 Å². The number of ether oxygens (including phenoxy) is 1. The van der Waals surface area contributed by atoms with Crippen molar-refractivity contribution in [2.45, 2.75) is 0 Å². The van der Waals surface area contributed by atoms with Crippen LogP contribution in [0.2, 0.25) is 10.2 Å². The number of hydrogen-bond donors (Lipinski definition) is 1. The van der Waals surface area contributed by atoms with E-state index in [0.29, 0.717) is 36.1 Å². The van der Waals surface area contributed by atoms with Crippen molar-refractivity contribution >= 4 is 66.0 Å². The molecule has 0 atom stereocenters. The van der Waals surface area contributed by atoms with Crippen molar-refractivity contribution in [2.24, 2.45) is 0 Å². The lowest BCUT2D eigenvalue weighted by Crippen LogP contribution is -1.89. The van der Waals surface area contributed by atoms with Gasteiger partial charge in [-0.1, -0.05) is 23.2 Å². The van der Waals surface area contributed by atoms with Gasteiger partial charge in [-0.05, 0) is 68.3 Å². The van der Waals surface area contributed by atoms with Crippen LogP contribution >= 0.6 is 55.1 Å². The lowest BCUT2D eigenvalue weighted by Gasteiger charge is -2.11. The minimum Gasteiger partial charge on any atom is -0.508 e. The molecule has 0 aliphatic carbocycles. The molecule has 0 fully saturated rings. The van der Waals surface area contributed by atoms with Crippen LogP contribution < -0.4 is 4.74 Å². The minimum absolute atomic E-state index is 0.131. The Kier molecular flexibility index (Phi) is 4.50. The predicted octanol–water partition coefficient (Wildman–Crippen LogP) is 6.56. The molecule has 0 radical (unpaired) electrons. The molecule has 3 rings (SSSR count). The van der Waals surface area contributed by atoms with Crippen molar-refractivity contribution in [3.8, 4) is 17.2 Å². The largest absolute Gasteiger partial charge is 0.508 e. The number of rotatable bonds is 2. The Morgan fingerprint density at radius 1 is 1.00 bits per heavy atom. The maximum absolute atomic E-state index is 9.53. The van der Waals surface area contributed by atoms with Gasteiger partial charge < -0.3 is 9.84 Å². The molecule has 0 amide bonds. The van der Waals surface area contributed by atoms with E-state index in [2.05, 4.69) is 36.8 Å². The Hall–Kier alpha value is -1.01. The van der Waals surface area contributed by atoms with Crippen LogP contribution in [-0.2, 0) is 0 Å². The van der Waals surface area contributed by atoms with Crippen molar-refractivity contribution in [1.82, 2.24) is 4.98 Å². The highest BCUT2D eigenvalue weighted by Crippen LogP contribution is 2.40. The van der Waals surface area contributed by atoms with Crippen LogP contribution in [0.15, 0.2) is 45.3 Å². The molecule has 0 aliphatic heterocycles.